The lowest BCUT2D eigenvalue weighted by molar-refractivity contribution is -0.150. The summed E-state index contributed by atoms with van der Waals surface area (Å²) in [6, 6.07) is -1.33. The second kappa shape index (κ2) is 6.18. The van der Waals surface area contributed by atoms with Crippen LogP contribution in [0.2, 0.25) is 0 Å². The fourth-order valence-corrected chi connectivity index (χ4v) is 2.10. The van der Waals surface area contributed by atoms with E-state index in [4.69, 9.17) is 5.73 Å². The average molecular weight is 256 g/mol. The molecule has 0 saturated heterocycles. The molecule has 1 rings (SSSR count). The molecule has 1 fully saturated rings. The Hall–Kier alpha value is -1.10. The summed E-state index contributed by atoms with van der Waals surface area (Å²) < 4.78 is 0. The molecule has 104 valence electrons. The van der Waals surface area contributed by atoms with Crippen LogP contribution < -0.4 is 5.73 Å². The molecule has 5 nitrogen and oxygen atoms in total. The summed E-state index contributed by atoms with van der Waals surface area (Å²) in [5.41, 5.74) is 5.84. The number of rotatable bonds is 7. The zero-order valence-electron chi connectivity index (χ0n) is 11.4. The molecular formula is C13H24N2O3. The van der Waals surface area contributed by atoms with Crippen molar-refractivity contribution in [3.63, 3.8) is 0 Å². The number of aliphatic carboxylic acids is 1. The molecule has 5 heteroatoms. The third kappa shape index (κ3) is 4.29. The summed E-state index contributed by atoms with van der Waals surface area (Å²) in [5, 5.41) is 9.18. The summed E-state index contributed by atoms with van der Waals surface area (Å²) in [6.45, 7) is 3.89. The van der Waals surface area contributed by atoms with E-state index in [-0.39, 0.29) is 11.8 Å². The van der Waals surface area contributed by atoms with E-state index < -0.39 is 18.1 Å². The number of nitrogens with zero attached hydrogens (tertiary/aromatic N) is 1. The third-order valence-electron chi connectivity index (χ3n) is 3.40. The number of hydrogen-bond acceptors (Lipinski definition) is 3. The van der Waals surface area contributed by atoms with Gasteiger partial charge >= 0.3 is 5.97 Å². The predicted octanol–water partition coefficient (Wildman–Crippen LogP) is 1.07. The Morgan fingerprint density at radius 2 is 1.94 bits per heavy atom. The van der Waals surface area contributed by atoms with Gasteiger partial charge < -0.3 is 15.7 Å². The minimum Gasteiger partial charge on any atom is -0.480 e. The Kier molecular flexibility index (Phi) is 5.14. The molecule has 0 unspecified atom stereocenters. The highest BCUT2D eigenvalue weighted by Gasteiger charge is 2.33. The molecule has 0 spiro atoms. The number of nitrogens with two attached hydrogens (primary N) is 1. The fraction of sp³-hybridized carbons (Fsp3) is 0.846. The lowest BCUT2D eigenvalue weighted by atomic mass is 10.0. The maximum atomic E-state index is 12.1. The first kappa shape index (κ1) is 15.0. The van der Waals surface area contributed by atoms with E-state index in [0.29, 0.717) is 18.8 Å². The normalized spacial score (nSPS) is 18.5. The smallest absolute Gasteiger partial charge is 0.326 e. The molecule has 0 aromatic rings. The van der Waals surface area contributed by atoms with Crippen LogP contribution in [-0.4, -0.2) is 41.0 Å². The summed E-state index contributed by atoms with van der Waals surface area (Å²) in [4.78, 5) is 24.6. The largest absolute Gasteiger partial charge is 0.480 e. The van der Waals surface area contributed by atoms with E-state index in [0.717, 1.165) is 12.8 Å². The lowest BCUT2D eigenvalue weighted by Crippen LogP contribution is -2.50. The van der Waals surface area contributed by atoms with E-state index >= 15 is 0 Å². The van der Waals surface area contributed by atoms with Crippen molar-refractivity contribution in [3.05, 3.63) is 0 Å². The topological polar surface area (TPSA) is 83.6 Å². The van der Waals surface area contributed by atoms with Gasteiger partial charge in [0.2, 0.25) is 5.91 Å². The Bertz CT molecular complexity index is 313. The van der Waals surface area contributed by atoms with Gasteiger partial charge in [-0.25, -0.2) is 4.79 Å². The van der Waals surface area contributed by atoms with Crippen molar-refractivity contribution in [3.8, 4) is 0 Å². The molecule has 0 radical (unpaired) electrons. The van der Waals surface area contributed by atoms with E-state index in [1.165, 1.54) is 11.9 Å². The SMILES string of the molecule is CC(C)C[C@@H](C(=O)O)N(C)C(=O)[C@@H](N)CC1CC1. The van der Waals surface area contributed by atoms with Gasteiger partial charge in [-0.3, -0.25) is 4.79 Å². The molecule has 1 saturated carbocycles. The van der Waals surface area contributed by atoms with Crippen molar-refractivity contribution in [2.45, 2.75) is 51.6 Å². The molecule has 1 amide bonds. The number of hydrogen-bond donors (Lipinski definition) is 2. The molecule has 0 aliphatic heterocycles. The molecule has 3 N–H and O–H groups in total. The first-order valence-electron chi connectivity index (χ1n) is 6.58. The predicted molar refractivity (Wildman–Crippen MR) is 69.0 cm³/mol. The highest BCUT2D eigenvalue weighted by atomic mass is 16.4. The van der Waals surface area contributed by atoms with Crippen molar-refractivity contribution >= 4 is 11.9 Å². The molecule has 0 heterocycles. The van der Waals surface area contributed by atoms with Crippen LogP contribution in [0.4, 0.5) is 0 Å². The number of carboxylic acid groups (broad SMARTS) is 1. The van der Waals surface area contributed by atoms with Crippen LogP contribution in [0, 0.1) is 11.8 Å². The average Bonchev–Trinajstić information content (AvgIpc) is 3.07. The van der Waals surface area contributed by atoms with Gasteiger partial charge in [0, 0.05) is 7.05 Å². The third-order valence-corrected chi connectivity index (χ3v) is 3.40. The van der Waals surface area contributed by atoms with Gasteiger partial charge in [0.1, 0.15) is 6.04 Å². The van der Waals surface area contributed by atoms with E-state index in [2.05, 4.69) is 0 Å². The summed E-state index contributed by atoms with van der Waals surface area (Å²) in [7, 11) is 1.54. The molecule has 1 aliphatic carbocycles. The lowest BCUT2D eigenvalue weighted by Gasteiger charge is -2.28. The molecule has 0 bridgehead atoms. The van der Waals surface area contributed by atoms with Gasteiger partial charge in [-0.2, -0.15) is 0 Å². The zero-order chi connectivity index (χ0) is 13.9. The molecule has 1 aliphatic rings. The summed E-state index contributed by atoms with van der Waals surface area (Å²) in [6.07, 6.45) is 3.41. The number of carbonyl (C=O) groups excluding carboxylic acids is 1. The van der Waals surface area contributed by atoms with Crippen LogP contribution in [0.3, 0.4) is 0 Å². The van der Waals surface area contributed by atoms with Crippen LogP contribution in [0.5, 0.6) is 0 Å². The number of carbonyl (C=O) groups is 2. The Balaban J connectivity index is 2.59. The van der Waals surface area contributed by atoms with Crippen molar-refractivity contribution in [1.82, 2.24) is 4.90 Å². The summed E-state index contributed by atoms with van der Waals surface area (Å²) in [5.74, 6) is -0.431. The first-order valence-corrected chi connectivity index (χ1v) is 6.58. The van der Waals surface area contributed by atoms with Gasteiger partial charge in [-0.05, 0) is 24.7 Å². The van der Waals surface area contributed by atoms with Crippen molar-refractivity contribution in [2.75, 3.05) is 7.05 Å². The number of amides is 1. The van der Waals surface area contributed by atoms with Crippen molar-refractivity contribution in [2.24, 2.45) is 17.6 Å². The monoisotopic (exact) mass is 256 g/mol. The van der Waals surface area contributed by atoms with Crippen LogP contribution >= 0.6 is 0 Å². The second-order valence-corrected chi connectivity index (χ2v) is 5.72. The summed E-state index contributed by atoms with van der Waals surface area (Å²) >= 11 is 0. The zero-order valence-corrected chi connectivity index (χ0v) is 11.4. The van der Waals surface area contributed by atoms with Gasteiger partial charge in [0.15, 0.2) is 0 Å². The molecule has 2 atom stereocenters. The van der Waals surface area contributed by atoms with Gasteiger partial charge in [-0.15, -0.1) is 0 Å². The van der Waals surface area contributed by atoms with Crippen molar-refractivity contribution < 1.29 is 14.7 Å². The van der Waals surface area contributed by atoms with Gasteiger partial charge in [0.25, 0.3) is 0 Å². The van der Waals surface area contributed by atoms with Crippen LogP contribution in [0.15, 0.2) is 0 Å². The van der Waals surface area contributed by atoms with E-state index in [1.54, 1.807) is 0 Å². The van der Waals surface area contributed by atoms with Crippen molar-refractivity contribution in [1.29, 1.82) is 0 Å². The molecular weight excluding hydrogens is 232 g/mol. The Labute approximate surface area is 108 Å². The maximum absolute atomic E-state index is 12.1. The maximum Gasteiger partial charge on any atom is 0.326 e. The molecule has 0 aromatic carbocycles. The van der Waals surface area contributed by atoms with E-state index in [9.17, 15) is 14.7 Å². The minimum absolute atomic E-state index is 0.223. The second-order valence-electron chi connectivity index (χ2n) is 5.72. The quantitative estimate of drug-likeness (QED) is 0.713. The molecule has 18 heavy (non-hydrogen) atoms. The number of likely N-dealkylation sites (N-methyl/N-ethyl adjacent to an activating group) is 1. The first-order chi connectivity index (χ1) is 8.32. The highest BCUT2D eigenvalue weighted by Crippen LogP contribution is 2.33. The Morgan fingerprint density at radius 3 is 2.33 bits per heavy atom. The van der Waals surface area contributed by atoms with Crippen LogP contribution in [0.1, 0.15) is 39.5 Å². The minimum atomic E-state index is -0.960. The Morgan fingerprint density at radius 1 is 1.39 bits per heavy atom. The fourth-order valence-electron chi connectivity index (χ4n) is 2.10. The van der Waals surface area contributed by atoms with E-state index in [1.807, 2.05) is 13.8 Å². The van der Waals surface area contributed by atoms with Crippen LogP contribution in [0.25, 0.3) is 0 Å². The number of carboxylic acids is 1. The van der Waals surface area contributed by atoms with Gasteiger partial charge in [0.05, 0.1) is 6.04 Å². The van der Waals surface area contributed by atoms with Gasteiger partial charge in [-0.1, -0.05) is 26.7 Å². The van der Waals surface area contributed by atoms with Crippen LogP contribution in [-0.2, 0) is 9.59 Å². The molecule has 0 aromatic heterocycles. The standard InChI is InChI=1S/C13H24N2O3/c1-8(2)6-11(13(17)18)15(3)12(16)10(14)7-9-4-5-9/h8-11H,4-7,14H2,1-3H3,(H,17,18)/t10-,11-/m0/s1. The highest BCUT2D eigenvalue weighted by molar-refractivity contribution is 5.86.